The van der Waals surface area contributed by atoms with Crippen LogP contribution in [0.25, 0.3) is 0 Å². The van der Waals surface area contributed by atoms with Crippen LogP contribution in [0.3, 0.4) is 0 Å². The van der Waals surface area contributed by atoms with Gasteiger partial charge in [-0.05, 0) is 69.3 Å². The quantitative estimate of drug-likeness (QED) is 0.759. The van der Waals surface area contributed by atoms with Crippen molar-refractivity contribution in [2.24, 2.45) is 10.9 Å². The van der Waals surface area contributed by atoms with Gasteiger partial charge in [-0.25, -0.2) is 0 Å². The number of aliphatic imine (C=N–C) groups is 1. The van der Waals surface area contributed by atoms with Crippen molar-refractivity contribution in [3.8, 4) is 0 Å². The number of hydrogen-bond acceptors (Lipinski definition) is 6. The van der Waals surface area contributed by atoms with E-state index in [4.69, 9.17) is 0 Å². The number of allylic oxidation sites excluding steroid dienone is 2. The van der Waals surface area contributed by atoms with Crippen LogP contribution in [0.2, 0.25) is 0 Å². The van der Waals surface area contributed by atoms with Crippen molar-refractivity contribution in [2.75, 3.05) is 32.1 Å². The van der Waals surface area contributed by atoms with Gasteiger partial charge in [0.05, 0.1) is 11.5 Å². The molecule has 7 nitrogen and oxygen atoms in total. The number of aryl methyl sites for hydroxylation is 1. The summed E-state index contributed by atoms with van der Waals surface area (Å²) in [5.41, 5.74) is 3.25. The molecule has 0 radical (unpaired) electrons. The highest BCUT2D eigenvalue weighted by Crippen LogP contribution is 2.47. The first-order valence-corrected chi connectivity index (χ1v) is 10.9. The van der Waals surface area contributed by atoms with E-state index in [0.717, 1.165) is 42.8 Å². The standard InChI is InChI=1S/C24H29N5O2/c1-15-4-5-16(29-13-17(14-29)28(2)3)12-18(15)23(31)27-24(8-9-24)19-6-10-25-22-21(19)20(30)7-11-26-22/h4-7,10-12,17,21-22,26H,8-9,13-14H2,1-3H3,(H,27,31). The number of fused-ring (bicyclic) bond motifs is 1. The van der Waals surface area contributed by atoms with Gasteiger partial charge < -0.3 is 20.4 Å². The number of carbonyl (C=O) groups is 2. The Morgan fingerprint density at radius 1 is 1.29 bits per heavy atom. The summed E-state index contributed by atoms with van der Waals surface area (Å²) in [4.78, 5) is 34.9. The number of nitrogens with zero attached hydrogens (tertiary/aromatic N) is 3. The van der Waals surface area contributed by atoms with Crippen molar-refractivity contribution in [3.63, 3.8) is 0 Å². The average molecular weight is 420 g/mol. The number of carbonyl (C=O) groups excluding carboxylic acids is 2. The molecule has 3 aliphatic heterocycles. The Labute approximate surface area is 182 Å². The molecule has 7 heteroatoms. The maximum atomic E-state index is 13.3. The monoisotopic (exact) mass is 419 g/mol. The van der Waals surface area contributed by atoms with Crippen LogP contribution < -0.4 is 15.5 Å². The summed E-state index contributed by atoms with van der Waals surface area (Å²) < 4.78 is 0. The van der Waals surface area contributed by atoms with Crippen LogP contribution in [0, 0.1) is 12.8 Å². The van der Waals surface area contributed by atoms with E-state index in [9.17, 15) is 9.59 Å². The Kier molecular flexibility index (Phi) is 4.73. The molecule has 0 bridgehead atoms. The van der Waals surface area contributed by atoms with Gasteiger partial charge in [-0.1, -0.05) is 6.07 Å². The number of benzene rings is 1. The lowest BCUT2D eigenvalue weighted by atomic mass is 9.82. The third kappa shape index (κ3) is 3.47. The second-order valence-corrected chi connectivity index (χ2v) is 9.30. The summed E-state index contributed by atoms with van der Waals surface area (Å²) in [5, 5.41) is 6.44. The normalized spacial score (nSPS) is 26.1. The molecule has 4 aliphatic rings. The third-order valence-corrected chi connectivity index (χ3v) is 7.05. The molecule has 1 saturated heterocycles. The van der Waals surface area contributed by atoms with Crippen molar-refractivity contribution in [1.82, 2.24) is 15.5 Å². The van der Waals surface area contributed by atoms with Crippen LogP contribution in [-0.4, -0.2) is 67.7 Å². The minimum absolute atomic E-state index is 0.0405. The first-order valence-electron chi connectivity index (χ1n) is 10.9. The zero-order valence-corrected chi connectivity index (χ0v) is 18.3. The maximum absolute atomic E-state index is 13.3. The highest BCUT2D eigenvalue weighted by Gasteiger charge is 2.53. The Morgan fingerprint density at radius 2 is 2.06 bits per heavy atom. The molecule has 162 valence electrons. The first kappa shape index (κ1) is 20.0. The summed E-state index contributed by atoms with van der Waals surface area (Å²) in [6.07, 6.45) is 8.29. The number of dihydropyridines is 1. The zero-order valence-electron chi connectivity index (χ0n) is 18.3. The SMILES string of the molecule is Cc1ccc(N2CC(N(C)C)C2)cc1C(=O)NC1(C2=CC=NC3NC=CC(=O)C23)CC1. The molecule has 2 unspecified atom stereocenters. The summed E-state index contributed by atoms with van der Waals surface area (Å²) >= 11 is 0. The van der Waals surface area contributed by atoms with Gasteiger partial charge in [-0.2, -0.15) is 0 Å². The number of hydrogen-bond donors (Lipinski definition) is 2. The van der Waals surface area contributed by atoms with Crippen molar-refractivity contribution in [1.29, 1.82) is 0 Å². The molecular weight excluding hydrogens is 390 g/mol. The number of anilines is 1. The Bertz CT molecular complexity index is 1010. The van der Waals surface area contributed by atoms with Crippen LogP contribution in [0.4, 0.5) is 5.69 Å². The van der Waals surface area contributed by atoms with Gasteiger partial charge >= 0.3 is 0 Å². The predicted octanol–water partition coefficient (Wildman–Crippen LogP) is 1.65. The fourth-order valence-electron chi connectivity index (χ4n) is 4.75. The molecule has 1 aromatic rings. The minimum atomic E-state index is -0.454. The van der Waals surface area contributed by atoms with Crippen LogP contribution in [0.5, 0.6) is 0 Å². The van der Waals surface area contributed by atoms with Gasteiger partial charge in [0.1, 0.15) is 6.17 Å². The van der Waals surface area contributed by atoms with E-state index < -0.39 is 5.54 Å². The highest BCUT2D eigenvalue weighted by molar-refractivity contribution is 6.00. The molecule has 1 aliphatic carbocycles. The molecule has 1 aromatic carbocycles. The number of ketones is 1. The van der Waals surface area contributed by atoms with E-state index in [1.165, 1.54) is 0 Å². The van der Waals surface area contributed by atoms with Gasteiger partial charge in [0.25, 0.3) is 5.91 Å². The molecule has 1 amide bonds. The van der Waals surface area contributed by atoms with Gasteiger partial charge in [0.2, 0.25) is 0 Å². The molecular formula is C24H29N5O2. The lowest BCUT2D eigenvalue weighted by Crippen LogP contribution is -2.57. The van der Waals surface area contributed by atoms with Crippen LogP contribution in [0.1, 0.15) is 28.8 Å². The second-order valence-electron chi connectivity index (χ2n) is 9.30. The molecule has 3 heterocycles. The highest BCUT2D eigenvalue weighted by atomic mass is 16.2. The lowest BCUT2D eigenvalue weighted by Gasteiger charge is -2.44. The van der Waals surface area contributed by atoms with Gasteiger partial charge in [0.15, 0.2) is 5.78 Å². The number of likely N-dealkylation sites (N-methyl/N-ethyl adjacent to an activating group) is 1. The average Bonchev–Trinajstić information content (AvgIpc) is 3.48. The molecule has 2 N–H and O–H groups in total. The van der Waals surface area contributed by atoms with Gasteiger partial charge in [0, 0.05) is 42.8 Å². The van der Waals surface area contributed by atoms with E-state index >= 15 is 0 Å². The molecule has 31 heavy (non-hydrogen) atoms. The molecule has 5 rings (SSSR count). The number of rotatable bonds is 5. The third-order valence-electron chi connectivity index (χ3n) is 7.05. The summed E-state index contributed by atoms with van der Waals surface area (Å²) in [6.45, 7) is 3.91. The van der Waals surface area contributed by atoms with Crippen LogP contribution >= 0.6 is 0 Å². The van der Waals surface area contributed by atoms with Crippen molar-refractivity contribution >= 4 is 23.6 Å². The summed E-state index contributed by atoms with van der Waals surface area (Å²) in [6, 6.07) is 6.67. The minimum Gasteiger partial charge on any atom is -0.369 e. The van der Waals surface area contributed by atoms with Crippen LogP contribution in [-0.2, 0) is 4.79 Å². The Balaban J connectivity index is 1.35. The van der Waals surface area contributed by atoms with Crippen LogP contribution in [0.15, 0.2) is 47.1 Å². The number of nitrogens with one attached hydrogen (secondary N) is 2. The largest absolute Gasteiger partial charge is 0.369 e. The Hall–Kier alpha value is -2.93. The van der Waals surface area contributed by atoms with E-state index in [1.807, 2.05) is 25.1 Å². The predicted molar refractivity (Wildman–Crippen MR) is 121 cm³/mol. The smallest absolute Gasteiger partial charge is 0.252 e. The fraction of sp³-hybridized carbons (Fsp3) is 0.458. The van der Waals surface area contributed by atoms with Crippen molar-refractivity contribution in [3.05, 3.63) is 53.3 Å². The van der Waals surface area contributed by atoms with E-state index in [-0.39, 0.29) is 23.8 Å². The van der Waals surface area contributed by atoms with Crippen molar-refractivity contribution in [2.45, 2.75) is 37.5 Å². The molecule has 2 atom stereocenters. The lowest BCUT2D eigenvalue weighted by molar-refractivity contribution is -0.118. The fourth-order valence-corrected chi connectivity index (χ4v) is 4.75. The first-order chi connectivity index (χ1) is 14.9. The summed E-state index contributed by atoms with van der Waals surface area (Å²) in [5.74, 6) is -0.388. The number of amides is 1. The topological polar surface area (TPSA) is 77.0 Å². The van der Waals surface area contributed by atoms with E-state index in [0.29, 0.717) is 11.6 Å². The molecule has 0 spiro atoms. The van der Waals surface area contributed by atoms with E-state index in [2.05, 4.69) is 45.6 Å². The van der Waals surface area contributed by atoms with Crippen molar-refractivity contribution < 1.29 is 9.59 Å². The van der Waals surface area contributed by atoms with Gasteiger partial charge in [-0.15, -0.1) is 0 Å². The Morgan fingerprint density at radius 3 is 2.77 bits per heavy atom. The molecule has 2 fully saturated rings. The maximum Gasteiger partial charge on any atom is 0.252 e. The summed E-state index contributed by atoms with van der Waals surface area (Å²) in [7, 11) is 4.20. The second kappa shape index (κ2) is 7.34. The van der Waals surface area contributed by atoms with Gasteiger partial charge in [-0.3, -0.25) is 14.6 Å². The molecule has 0 aromatic heterocycles. The zero-order chi connectivity index (χ0) is 21.8. The molecule has 1 saturated carbocycles. The van der Waals surface area contributed by atoms with E-state index in [1.54, 1.807) is 18.5 Å².